The van der Waals surface area contributed by atoms with E-state index in [0.29, 0.717) is 49.4 Å². The van der Waals surface area contributed by atoms with E-state index in [0.717, 1.165) is 27.9 Å². The molecule has 3 aromatic rings. The largest absolute Gasteiger partial charge is 0.466 e. The van der Waals surface area contributed by atoms with Crippen molar-refractivity contribution < 1.29 is 19.1 Å². The van der Waals surface area contributed by atoms with E-state index in [1.807, 2.05) is 54.3 Å². The van der Waals surface area contributed by atoms with Crippen LogP contribution in [0.2, 0.25) is 5.02 Å². The molecule has 1 heterocycles. The van der Waals surface area contributed by atoms with Crippen molar-refractivity contribution in [3.8, 4) is 0 Å². The van der Waals surface area contributed by atoms with Crippen molar-refractivity contribution >= 4 is 35.1 Å². The third kappa shape index (κ3) is 7.60. The zero-order valence-corrected chi connectivity index (χ0v) is 26.0. The van der Waals surface area contributed by atoms with Gasteiger partial charge in [0.2, 0.25) is 5.91 Å². The first kappa shape index (κ1) is 31.3. The second-order valence-corrected chi connectivity index (χ2v) is 12.5. The molecule has 1 fully saturated rings. The van der Waals surface area contributed by atoms with Crippen molar-refractivity contribution in [1.29, 1.82) is 0 Å². The Morgan fingerprint density at radius 1 is 1.02 bits per heavy atom. The number of amides is 2. The lowest BCUT2D eigenvalue weighted by Gasteiger charge is -2.41. The standard InChI is InChI=1S/C35H41ClN2O4/c1-6-42-31(39)19-14-24-12-15-25(16-13-24)32-30(33(40)37-28-10-7-9-26(22-28)35(3,4)5)11-8-20-38(32)34(41)29-18-17-27(36)21-23(29)2/h7,9-10,12-13,15-18,21-22,30,32H,6,8,11,14,19-20H2,1-5H3,(H,37,40)/t30-,32-/m0/s1. The van der Waals surface area contributed by atoms with Crippen LogP contribution in [-0.4, -0.2) is 35.8 Å². The highest BCUT2D eigenvalue weighted by atomic mass is 35.5. The maximum atomic E-state index is 14.0. The monoisotopic (exact) mass is 588 g/mol. The second kappa shape index (κ2) is 13.6. The summed E-state index contributed by atoms with van der Waals surface area (Å²) in [7, 11) is 0. The van der Waals surface area contributed by atoms with Crippen molar-refractivity contribution in [1.82, 2.24) is 4.90 Å². The van der Waals surface area contributed by atoms with Crippen molar-refractivity contribution in [2.75, 3.05) is 18.5 Å². The van der Waals surface area contributed by atoms with E-state index in [2.05, 4.69) is 32.2 Å². The zero-order chi connectivity index (χ0) is 30.4. The molecule has 0 bridgehead atoms. The number of halogens is 1. The maximum Gasteiger partial charge on any atom is 0.306 e. The third-order valence-corrected chi connectivity index (χ3v) is 8.12. The molecule has 7 heteroatoms. The van der Waals surface area contributed by atoms with Crippen molar-refractivity contribution in [2.24, 2.45) is 5.92 Å². The smallest absolute Gasteiger partial charge is 0.306 e. The normalized spacial score (nSPS) is 17.0. The molecule has 42 heavy (non-hydrogen) atoms. The molecule has 0 unspecified atom stereocenters. The molecule has 1 aliphatic heterocycles. The molecular formula is C35H41ClN2O4. The number of nitrogens with one attached hydrogen (secondary N) is 1. The molecule has 1 aliphatic rings. The minimum atomic E-state index is -0.453. The fourth-order valence-electron chi connectivity index (χ4n) is 5.59. The molecule has 0 saturated carbocycles. The van der Waals surface area contributed by atoms with E-state index in [4.69, 9.17) is 16.3 Å². The number of carbonyl (C=O) groups is 3. The molecule has 1 N–H and O–H groups in total. The number of hydrogen-bond donors (Lipinski definition) is 1. The van der Waals surface area contributed by atoms with E-state index >= 15 is 0 Å². The van der Waals surface area contributed by atoms with Gasteiger partial charge in [-0.05, 0) is 91.1 Å². The number of benzene rings is 3. The van der Waals surface area contributed by atoms with Crippen LogP contribution in [-0.2, 0) is 26.2 Å². The summed E-state index contributed by atoms with van der Waals surface area (Å²) in [4.78, 5) is 41.6. The first-order chi connectivity index (χ1) is 20.0. The topological polar surface area (TPSA) is 75.7 Å². The van der Waals surface area contributed by atoms with Gasteiger partial charge in [-0.3, -0.25) is 14.4 Å². The minimum absolute atomic E-state index is 0.0528. The molecular weight excluding hydrogens is 548 g/mol. The quantitative estimate of drug-likeness (QED) is 0.274. The highest BCUT2D eigenvalue weighted by molar-refractivity contribution is 6.30. The molecule has 222 valence electrons. The van der Waals surface area contributed by atoms with Crippen LogP contribution in [0.15, 0.2) is 66.7 Å². The summed E-state index contributed by atoms with van der Waals surface area (Å²) in [5.74, 6) is -0.897. The SMILES string of the molecule is CCOC(=O)CCc1ccc([C@H]2[C@@H](C(=O)Nc3cccc(C(C)(C)C)c3)CCCN2C(=O)c2ccc(Cl)cc2C)cc1. The molecule has 0 spiro atoms. The maximum absolute atomic E-state index is 14.0. The van der Waals surface area contributed by atoms with E-state index in [1.54, 1.807) is 25.1 Å². The average Bonchev–Trinajstić information content (AvgIpc) is 2.95. The van der Waals surface area contributed by atoms with Gasteiger partial charge in [0.1, 0.15) is 0 Å². The van der Waals surface area contributed by atoms with Gasteiger partial charge in [-0.1, -0.05) is 68.8 Å². The Kier molecular flexibility index (Phi) is 10.1. The number of ether oxygens (including phenoxy) is 1. The fraction of sp³-hybridized carbons (Fsp3) is 0.400. The lowest BCUT2D eigenvalue weighted by Crippen LogP contribution is -2.46. The van der Waals surface area contributed by atoms with Crippen LogP contribution in [0.5, 0.6) is 0 Å². The molecule has 0 radical (unpaired) electrons. The predicted octanol–water partition coefficient (Wildman–Crippen LogP) is 7.67. The Morgan fingerprint density at radius 3 is 2.43 bits per heavy atom. The van der Waals surface area contributed by atoms with Gasteiger partial charge in [0.25, 0.3) is 5.91 Å². The molecule has 6 nitrogen and oxygen atoms in total. The van der Waals surface area contributed by atoms with Gasteiger partial charge in [-0.25, -0.2) is 0 Å². The Balaban J connectivity index is 1.65. The van der Waals surface area contributed by atoms with Gasteiger partial charge in [0.15, 0.2) is 0 Å². The minimum Gasteiger partial charge on any atom is -0.466 e. The summed E-state index contributed by atoms with van der Waals surface area (Å²) in [5.41, 5.74) is 5.09. The van der Waals surface area contributed by atoms with Crippen LogP contribution in [0, 0.1) is 12.8 Å². The van der Waals surface area contributed by atoms with Gasteiger partial charge in [0.05, 0.1) is 18.6 Å². The Morgan fingerprint density at radius 2 is 1.76 bits per heavy atom. The lowest BCUT2D eigenvalue weighted by atomic mass is 9.82. The van der Waals surface area contributed by atoms with Crippen LogP contribution in [0.3, 0.4) is 0 Å². The third-order valence-electron chi connectivity index (χ3n) is 7.89. The first-order valence-corrected chi connectivity index (χ1v) is 15.1. The number of piperidine rings is 1. The Labute approximate surface area is 254 Å². The summed E-state index contributed by atoms with van der Waals surface area (Å²) >= 11 is 6.18. The van der Waals surface area contributed by atoms with Crippen molar-refractivity contribution in [3.63, 3.8) is 0 Å². The van der Waals surface area contributed by atoms with Crippen LogP contribution >= 0.6 is 11.6 Å². The number of hydrogen-bond acceptors (Lipinski definition) is 4. The van der Waals surface area contributed by atoms with E-state index in [9.17, 15) is 14.4 Å². The van der Waals surface area contributed by atoms with Crippen LogP contribution in [0.25, 0.3) is 0 Å². The molecule has 0 aliphatic carbocycles. The molecule has 0 aromatic heterocycles. The first-order valence-electron chi connectivity index (χ1n) is 14.7. The van der Waals surface area contributed by atoms with Crippen molar-refractivity contribution in [2.45, 2.75) is 71.8 Å². The highest BCUT2D eigenvalue weighted by Gasteiger charge is 2.40. The van der Waals surface area contributed by atoms with E-state index < -0.39 is 12.0 Å². The van der Waals surface area contributed by atoms with Gasteiger partial charge < -0.3 is 15.0 Å². The summed E-state index contributed by atoms with van der Waals surface area (Å²) in [6, 6.07) is 20.7. The predicted molar refractivity (Wildman–Crippen MR) is 168 cm³/mol. The second-order valence-electron chi connectivity index (χ2n) is 12.0. The number of rotatable bonds is 8. The number of nitrogens with zero attached hydrogens (tertiary/aromatic N) is 1. The molecule has 3 aromatic carbocycles. The molecule has 2 atom stereocenters. The lowest BCUT2D eigenvalue weighted by molar-refractivity contribution is -0.143. The number of aryl methyl sites for hydroxylation is 2. The summed E-state index contributed by atoms with van der Waals surface area (Å²) < 4.78 is 5.06. The Bertz CT molecular complexity index is 1430. The van der Waals surface area contributed by atoms with Gasteiger partial charge in [-0.15, -0.1) is 0 Å². The number of esters is 1. The van der Waals surface area contributed by atoms with Gasteiger partial charge >= 0.3 is 5.97 Å². The number of likely N-dealkylation sites (tertiary alicyclic amines) is 1. The Hall–Kier alpha value is -3.64. The van der Waals surface area contributed by atoms with Crippen molar-refractivity contribution in [3.05, 3.63) is 99.6 Å². The fourth-order valence-corrected chi connectivity index (χ4v) is 5.82. The summed E-state index contributed by atoms with van der Waals surface area (Å²) in [6.45, 7) is 11.0. The molecule has 2 amide bonds. The molecule has 1 saturated heterocycles. The number of carbonyl (C=O) groups excluding carboxylic acids is 3. The van der Waals surface area contributed by atoms with Crippen LogP contribution < -0.4 is 5.32 Å². The van der Waals surface area contributed by atoms with E-state index in [-0.39, 0.29) is 23.2 Å². The van der Waals surface area contributed by atoms with Gasteiger partial charge in [0, 0.05) is 29.2 Å². The van der Waals surface area contributed by atoms with Crippen LogP contribution in [0.1, 0.15) is 85.6 Å². The van der Waals surface area contributed by atoms with Crippen LogP contribution in [0.4, 0.5) is 5.69 Å². The summed E-state index contributed by atoms with van der Waals surface area (Å²) in [5, 5.41) is 3.73. The average molecular weight is 589 g/mol. The number of anilines is 1. The zero-order valence-electron chi connectivity index (χ0n) is 25.2. The van der Waals surface area contributed by atoms with E-state index in [1.165, 1.54) is 0 Å². The highest BCUT2D eigenvalue weighted by Crippen LogP contribution is 2.39. The van der Waals surface area contributed by atoms with Gasteiger partial charge in [-0.2, -0.15) is 0 Å². The summed E-state index contributed by atoms with van der Waals surface area (Å²) in [6.07, 6.45) is 2.23. The molecule has 4 rings (SSSR count).